The molecule has 0 spiro atoms. The second-order valence-electron chi connectivity index (χ2n) is 6.78. The van der Waals surface area contributed by atoms with Crippen molar-refractivity contribution in [3.05, 3.63) is 58.1 Å². The summed E-state index contributed by atoms with van der Waals surface area (Å²) < 4.78 is 10.9. The number of ether oxygens (including phenoxy) is 2. The summed E-state index contributed by atoms with van der Waals surface area (Å²) in [6.45, 7) is 8.12. The van der Waals surface area contributed by atoms with Gasteiger partial charge in [-0.2, -0.15) is 0 Å². The van der Waals surface area contributed by atoms with Gasteiger partial charge < -0.3 is 14.8 Å². The first-order chi connectivity index (χ1) is 13.0. The van der Waals surface area contributed by atoms with Gasteiger partial charge in [0, 0.05) is 30.3 Å². The zero-order valence-electron chi connectivity index (χ0n) is 15.8. The molecule has 2 aromatic carbocycles. The molecular formula is C21H25ClN2O3. The topological polar surface area (TPSA) is 50.8 Å². The Hall–Kier alpha value is -2.08. The van der Waals surface area contributed by atoms with Crippen molar-refractivity contribution in [1.29, 1.82) is 0 Å². The summed E-state index contributed by atoms with van der Waals surface area (Å²) in [6.07, 6.45) is 0. The zero-order valence-corrected chi connectivity index (χ0v) is 16.5. The van der Waals surface area contributed by atoms with Gasteiger partial charge in [-0.1, -0.05) is 23.7 Å². The predicted molar refractivity (Wildman–Crippen MR) is 108 cm³/mol. The first-order valence-corrected chi connectivity index (χ1v) is 9.47. The summed E-state index contributed by atoms with van der Waals surface area (Å²) in [6, 6.07) is 11.4. The molecule has 0 radical (unpaired) electrons. The van der Waals surface area contributed by atoms with Crippen LogP contribution in [0.3, 0.4) is 0 Å². The minimum Gasteiger partial charge on any atom is -0.484 e. The molecule has 1 heterocycles. The number of hydrogen-bond donors (Lipinski definition) is 1. The van der Waals surface area contributed by atoms with Crippen LogP contribution in [0, 0.1) is 13.8 Å². The van der Waals surface area contributed by atoms with Crippen LogP contribution in [0.4, 0.5) is 5.69 Å². The second-order valence-corrected chi connectivity index (χ2v) is 7.18. The number of anilines is 1. The fourth-order valence-electron chi connectivity index (χ4n) is 2.90. The molecule has 1 saturated heterocycles. The number of morpholine rings is 1. The first-order valence-electron chi connectivity index (χ1n) is 9.10. The molecule has 2 aromatic rings. The summed E-state index contributed by atoms with van der Waals surface area (Å²) >= 11 is 6.40. The van der Waals surface area contributed by atoms with Gasteiger partial charge in [-0.3, -0.25) is 9.69 Å². The van der Waals surface area contributed by atoms with E-state index < -0.39 is 0 Å². The molecule has 3 rings (SSSR count). The number of amides is 1. The van der Waals surface area contributed by atoms with E-state index in [2.05, 4.69) is 10.2 Å². The van der Waals surface area contributed by atoms with Gasteiger partial charge in [0.05, 0.1) is 13.2 Å². The molecule has 5 nitrogen and oxygen atoms in total. The highest BCUT2D eigenvalue weighted by molar-refractivity contribution is 6.31. The van der Waals surface area contributed by atoms with Gasteiger partial charge in [-0.05, 0) is 54.8 Å². The molecule has 0 unspecified atom stereocenters. The van der Waals surface area contributed by atoms with Gasteiger partial charge in [0.1, 0.15) is 5.75 Å². The number of halogens is 1. The van der Waals surface area contributed by atoms with Gasteiger partial charge >= 0.3 is 0 Å². The van der Waals surface area contributed by atoms with Crippen molar-refractivity contribution in [2.75, 3.05) is 38.2 Å². The third-order valence-corrected chi connectivity index (χ3v) is 5.03. The van der Waals surface area contributed by atoms with Crippen LogP contribution in [0.2, 0.25) is 5.02 Å². The van der Waals surface area contributed by atoms with Gasteiger partial charge in [-0.25, -0.2) is 0 Å². The highest BCUT2D eigenvalue weighted by Gasteiger charge is 2.13. The van der Waals surface area contributed by atoms with E-state index in [9.17, 15) is 4.79 Å². The minimum absolute atomic E-state index is 0.0460. The van der Waals surface area contributed by atoms with Crippen LogP contribution in [0.25, 0.3) is 0 Å². The van der Waals surface area contributed by atoms with Crippen LogP contribution in [0.15, 0.2) is 36.4 Å². The fourth-order valence-corrected chi connectivity index (χ4v) is 3.14. The molecule has 0 saturated carbocycles. The molecule has 0 aromatic heterocycles. The van der Waals surface area contributed by atoms with Crippen molar-refractivity contribution in [2.45, 2.75) is 20.4 Å². The monoisotopic (exact) mass is 388 g/mol. The lowest BCUT2D eigenvalue weighted by Crippen LogP contribution is -2.35. The lowest BCUT2D eigenvalue weighted by atomic mass is 10.1. The van der Waals surface area contributed by atoms with Gasteiger partial charge in [0.25, 0.3) is 5.91 Å². The maximum absolute atomic E-state index is 12.1. The Kier molecular flexibility index (Phi) is 6.72. The standard InChI is InChI=1S/C21H25ClN2O3/c1-15-3-6-19(11-16(15)2)27-14-21(25)23-18-5-4-17(20(22)12-18)13-24-7-9-26-10-8-24/h3-6,11-12H,7-10,13-14H2,1-2H3,(H,23,25). The van der Waals surface area contributed by atoms with E-state index in [1.807, 2.05) is 44.2 Å². The highest BCUT2D eigenvalue weighted by Crippen LogP contribution is 2.23. The summed E-state index contributed by atoms with van der Waals surface area (Å²) in [5.41, 5.74) is 4.04. The normalized spacial score (nSPS) is 14.8. The maximum Gasteiger partial charge on any atom is 0.262 e. The predicted octanol–water partition coefficient (Wildman–Crippen LogP) is 3.81. The van der Waals surface area contributed by atoms with Crippen LogP contribution in [0.5, 0.6) is 5.75 Å². The van der Waals surface area contributed by atoms with E-state index in [0.717, 1.165) is 44.0 Å². The van der Waals surface area contributed by atoms with Crippen LogP contribution in [-0.2, 0) is 16.1 Å². The number of nitrogens with one attached hydrogen (secondary N) is 1. The summed E-state index contributed by atoms with van der Waals surface area (Å²) in [5, 5.41) is 3.48. The Balaban J connectivity index is 1.52. The minimum atomic E-state index is -0.217. The third-order valence-electron chi connectivity index (χ3n) is 4.68. The Morgan fingerprint density at radius 1 is 1.15 bits per heavy atom. The molecule has 1 fully saturated rings. The number of carbonyl (C=O) groups is 1. The van der Waals surface area contributed by atoms with Crippen LogP contribution in [0.1, 0.15) is 16.7 Å². The van der Waals surface area contributed by atoms with Crippen molar-refractivity contribution in [2.24, 2.45) is 0 Å². The Morgan fingerprint density at radius 3 is 2.63 bits per heavy atom. The van der Waals surface area contributed by atoms with E-state index in [1.165, 1.54) is 5.56 Å². The van der Waals surface area contributed by atoms with E-state index >= 15 is 0 Å². The number of hydrogen-bond acceptors (Lipinski definition) is 4. The molecule has 0 aliphatic carbocycles. The maximum atomic E-state index is 12.1. The summed E-state index contributed by atoms with van der Waals surface area (Å²) in [4.78, 5) is 14.5. The number of rotatable bonds is 6. The smallest absolute Gasteiger partial charge is 0.262 e. The molecule has 1 aliphatic heterocycles. The average molecular weight is 389 g/mol. The molecule has 1 aliphatic rings. The molecule has 27 heavy (non-hydrogen) atoms. The van der Waals surface area contributed by atoms with Crippen molar-refractivity contribution in [3.8, 4) is 5.75 Å². The highest BCUT2D eigenvalue weighted by atomic mass is 35.5. The molecule has 1 N–H and O–H groups in total. The fraction of sp³-hybridized carbons (Fsp3) is 0.381. The van der Waals surface area contributed by atoms with Gasteiger partial charge in [0.15, 0.2) is 6.61 Å². The summed E-state index contributed by atoms with van der Waals surface area (Å²) in [5.74, 6) is 0.470. The summed E-state index contributed by atoms with van der Waals surface area (Å²) in [7, 11) is 0. The molecule has 0 atom stereocenters. The number of aryl methyl sites for hydroxylation is 2. The zero-order chi connectivity index (χ0) is 19.2. The molecule has 144 valence electrons. The lowest BCUT2D eigenvalue weighted by Gasteiger charge is -2.27. The number of benzene rings is 2. The van der Waals surface area contributed by atoms with E-state index in [4.69, 9.17) is 21.1 Å². The second kappa shape index (κ2) is 9.22. The van der Waals surface area contributed by atoms with E-state index in [0.29, 0.717) is 16.5 Å². The molecule has 0 bridgehead atoms. The van der Waals surface area contributed by atoms with Gasteiger partial charge in [-0.15, -0.1) is 0 Å². The Labute approximate surface area is 165 Å². The Morgan fingerprint density at radius 2 is 1.93 bits per heavy atom. The quantitative estimate of drug-likeness (QED) is 0.817. The van der Waals surface area contributed by atoms with E-state index in [1.54, 1.807) is 6.07 Å². The lowest BCUT2D eigenvalue weighted by molar-refractivity contribution is -0.118. The van der Waals surface area contributed by atoms with Crippen molar-refractivity contribution < 1.29 is 14.3 Å². The van der Waals surface area contributed by atoms with Crippen molar-refractivity contribution in [1.82, 2.24) is 4.90 Å². The number of carbonyl (C=O) groups excluding carboxylic acids is 1. The van der Waals surface area contributed by atoms with Crippen LogP contribution in [-0.4, -0.2) is 43.7 Å². The van der Waals surface area contributed by atoms with Crippen LogP contribution < -0.4 is 10.1 Å². The van der Waals surface area contributed by atoms with Crippen LogP contribution >= 0.6 is 11.6 Å². The average Bonchev–Trinajstić information content (AvgIpc) is 2.66. The van der Waals surface area contributed by atoms with E-state index in [-0.39, 0.29) is 12.5 Å². The molecular weight excluding hydrogens is 364 g/mol. The SMILES string of the molecule is Cc1ccc(OCC(=O)Nc2ccc(CN3CCOCC3)c(Cl)c2)cc1C. The third kappa shape index (κ3) is 5.70. The van der Waals surface area contributed by atoms with Crippen molar-refractivity contribution in [3.63, 3.8) is 0 Å². The Bertz CT molecular complexity index is 804. The number of nitrogens with zero attached hydrogens (tertiary/aromatic N) is 1. The largest absolute Gasteiger partial charge is 0.484 e. The molecule has 1 amide bonds. The van der Waals surface area contributed by atoms with Crippen molar-refractivity contribution >= 4 is 23.2 Å². The first kappa shape index (κ1) is 19.7. The van der Waals surface area contributed by atoms with Gasteiger partial charge in [0.2, 0.25) is 0 Å². The molecule has 6 heteroatoms.